The van der Waals surface area contributed by atoms with Crippen molar-refractivity contribution in [3.63, 3.8) is 0 Å². The maximum absolute atomic E-state index is 6.10. The SMILES string of the molecule is NC(Cc1ccsc1)C1=COCCC1. The summed E-state index contributed by atoms with van der Waals surface area (Å²) < 4.78 is 5.28. The summed E-state index contributed by atoms with van der Waals surface area (Å²) in [6, 6.07) is 2.26. The van der Waals surface area contributed by atoms with Crippen molar-refractivity contribution in [1.82, 2.24) is 0 Å². The van der Waals surface area contributed by atoms with E-state index in [1.54, 1.807) is 11.3 Å². The Hall–Kier alpha value is -0.800. The number of nitrogens with two attached hydrogens (primary N) is 1. The molecule has 0 aromatic carbocycles. The van der Waals surface area contributed by atoms with Gasteiger partial charge in [-0.05, 0) is 47.2 Å². The fourth-order valence-corrected chi connectivity index (χ4v) is 2.33. The molecule has 2 heterocycles. The zero-order valence-electron chi connectivity index (χ0n) is 8.11. The third-order valence-electron chi connectivity index (χ3n) is 2.47. The van der Waals surface area contributed by atoms with E-state index in [-0.39, 0.29) is 6.04 Å². The van der Waals surface area contributed by atoms with Crippen LogP contribution in [0.5, 0.6) is 0 Å². The first-order valence-corrected chi connectivity index (χ1v) is 5.88. The first kappa shape index (κ1) is 9.74. The molecule has 1 aromatic heterocycles. The van der Waals surface area contributed by atoms with Crippen LogP contribution in [-0.4, -0.2) is 12.6 Å². The third-order valence-corrected chi connectivity index (χ3v) is 3.21. The summed E-state index contributed by atoms with van der Waals surface area (Å²) >= 11 is 1.72. The molecule has 76 valence electrons. The van der Waals surface area contributed by atoms with Crippen LogP contribution in [-0.2, 0) is 11.2 Å². The predicted octanol–water partition coefficient (Wildman–Crippen LogP) is 2.31. The van der Waals surface area contributed by atoms with Crippen molar-refractivity contribution in [3.05, 3.63) is 34.2 Å². The smallest absolute Gasteiger partial charge is 0.0876 e. The number of hydrogen-bond donors (Lipinski definition) is 1. The van der Waals surface area contributed by atoms with E-state index in [1.165, 1.54) is 11.1 Å². The van der Waals surface area contributed by atoms with Crippen LogP contribution in [0.1, 0.15) is 18.4 Å². The molecule has 1 aliphatic heterocycles. The standard InChI is InChI=1S/C11H15NOS/c12-11(6-9-3-5-14-8-9)10-2-1-4-13-7-10/h3,5,7-8,11H,1-2,4,6,12H2. The number of hydrogen-bond acceptors (Lipinski definition) is 3. The highest BCUT2D eigenvalue weighted by Crippen LogP contribution is 2.18. The van der Waals surface area contributed by atoms with Crippen LogP contribution in [0.15, 0.2) is 28.7 Å². The molecule has 2 rings (SSSR count). The lowest BCUT2D eigenvalue weighted by Gasteiger charge is -2.19. The summed E-state index contributed by atoms with van der Waals surface area (Å²) in [6.07, 6.45) is 4.97. The van der Waals surface area contributed by atoms with E-state index < -0.39 is 0 Å². The van der Waals surface area contributed by atoms with Gasteiger partial charge in [0.2, 0.25) is 0 Å². The van der Waals surface area contributed by atoms with Gasteiger partial charge in [-0.1, -0.05) is 0 Å². The van der Waals surface area contributed by atoms with Crippen molar-refractivity contribution in [2.75, 3.05) is 6.61 Å². The van der Waals surface area contributed by atoms with Crippen molar-refractivity contribution in [2.24, 2.45) is 5.73 Å². The summed E-state index contributed by atoms with van der Waals surface area (Å²) in [5.41, 5.74) is 8.68. The van der Waals surface area contributed by atoms with Crippen LogP contribution in [0.25, 0.3) is 0 Å². The first-order valence-electron chi connectivity index (χ1n) is 4.93. The third kappa shape index (κ3) is 2.36. The highest BCUT2D eigenvalue weighted by Gasteiger charge is 2.13. The zero-order valence-corrected chi connectivity index (χ0v) is 8.93. The molecule has 1 atom stereocenters. The molecule has 0 saturated heterocycles. The van der Waals surface area contributed by atoms with E-state index >= 15 is 0 Å². The van der Waals surface area contributed by atoms with Crippen molar-refractivity contribution in [2.45, 2.75) is 25.3 Å². The van der Waals surface area contributed by atoms with E-state index in [0.29, 0.717) is 0 Å². The van der Waals surface area contributed by atoms with E-state index in [0.717, 1.165) is 25.9 Å². The van der Waals surface area contributed by atoms with Crippen LogP contribution in [0, 0.1) is 0 Å². The molecular weight excluding hydrogens is 194 g/mol. The average molecular weight is 209 g/mol. The average Bonchev–Trinajstić information content (AvgIpc) is 2.72. The topological polar surface area (TPSA) is 35.2 Å². The highest BCUT2D eigenvalue weighted by atomic mass is 32.1. The molecule has 1 aliphatic rings. The van der Waals surface area contributed by atoms with Crippen LogP contribution in [0.2, 0.25) is 0 Å². The second-order valence-corrected chi connectivity index (χ2v) is 4.39. The lowest BCUT2D eigenvalue weighted by Crippen LogP contribution is -2.26. The number of ether oxygens (including phenoxy) is 1. The largest absolute Gasteiger partial charge is 0.501 e. The summed E-state index contributed by atoms with van der Waals surface area (Å²) in [5.74, 6) is 0. The van der Waals surface area contributed by atoms with Gasteiger partial charge in [-0.2, -0.15) is 11.3 Å². The Morgan fingerprint density at radius 1 is 1.57 bits per heavy atom. The predicted molar refractivity (Wildman–Crippen MR) is 59.3 cm³/mol. The molecule has 0 amide bonds. The number of rotatable bonds is 3. The monoisotopic (exact) mass is 209 g/mol. The Bertz CT molecular complexity index is 305. The fraction of sp³-hybridized carbons (Fsp3) is 0.455. The molecule has 2 nitrogen and oxygen atoms in total. The Kier molecular flexibility index (Phi) is 3.22. The van der Waals surface area contributed by atoms with Crippen LogP contribution >= 0.6 is 11.3 Å². The molecule has 0 bridgehead atoms. The van der Waals surface area contributed by atoms with Gasteiger partial charge in [0.15, 0.2) is 0 Å². The molecule has 0 aliphatic carbocycles. The molecule has 1 aromatic rings. The quantitative estimate of drug-likeness (QED) is 0.829. The maximum Gasteiger partial charge on any atom is 0.0876 e. The molecule has 3 heteroatoms. The van der Waals surface area contributed by atoms with Crippen molar-refractivity contribution < 1.29 is 4.74 Å². The lowest BCUT2D eigenvalue weighted by atomic mass is 9.98. The summed E-state index contributed by atoms with van der Waals surface area (Å²) in [7, 11) is 0. The minimum absolute atomic E-state index is 0.130. The van der Waals surface area contributed by atoms with Gasteiger partial charge in [0.1, 0.15) is 0 Å². The molecule has 2 N–H and O–H groups in total. The maximum atomic E-state index is 6.10. The van der Waals surface area contributed by atoms with Crippen LogP contribution in [0.4, 0.5) is 0 Å². The summed E-state index contributed by atoms with van der Waals surface area (Å²) in [6.45, 7) is 0.842. The Morgan fingerprint density at radius 2 is 2.50 bits per heavy atom. The first-order chi connectivity index (χ1) is 6.86. The van der Waals surface area contributed by atoms with Gasteiger partial charge in [-0.3, -0.25) is 0 Å². The van der Waals surface area contributed by atoms with Crippen molar-refractivity contribution in [1.29, 1.82) is 0 Å². The van der Waals surface area contributed by atoms with Gasteiger partial charge >= 0.3 is 0 Å². The molecule has 0 radical (unpaired) electrons. The van der Waals surface area contributed by atoms with E-state index in [1.807, 2.05) is 6.26 Å². The molecule has 1 unspecified atom stereocenters. The van der Waals surface area contributed by atoms with Gasteiger partial charge in [-0.25, -0.2) is 0 Å². The zero-order chi connectivity index (χ0) is 9.80. The molecular formula is C11H15NOS. The van der Waals surface area contributed by atoms with Crippen molar-refractivity contribution >= 4 is 11.3 Å². The van der Waals surface area contributed by atoms with Gasteiger partial charge in [0.05, 0.1) is 12.9 Å². The molecule has 0 fully saturated rings. The second kappa shape index (κ2) is 4.62. The van der Waals surface area contributed by atoms with Gasteiger partial charge in [-0.15, -0.1) is 0 Å². The van der Waals surface area contributed by atoms with Crippen LogP contribution in [0.3, 0.4) is 0 Å². The normalized spacial score (nSPS) is 18.5. The van der Waals surface area contributed by atoms with E-state index in [4.69, 9.17) is 10.5 Å². The summed E-state index contributed by atoms with van der Waals surface area (Å²) in [5, 5.41) is 4.25. The lowest BCUT2D eigenvalue weighted by molar-refractivity contribution is 0.221. The fourth-order valence-electron chi connectivity index (χ4n) is 1.65. The van der Waals surface area contributed by atoms with E-state index in [2.05, 4.69) is 16.8 Å². The van der Waals surface area contributed by atoms with Gasteiger partial charge in [0.25, 0.3) is 0 Å². The highest BCUT2D eigenvalue weighted by molar-refractivity contribution is 7.07. The Balaban J connectivity index is 1.95. The van der Waals surface area contributed by atoms with E-state index in [9.17, 15) is 0 Å². The minimum Gasteiger partial charge on any atom is -0.501 e. The molecule has 0 spiro atoms. The number of thiophene rings is 1. The van der Waals surface area contributed by atoms with Gasteiger partial charge < -0.3 is 10.5 Å². The summed E-state index contributed by atoms with van der Waals surface area (Å²) in [4.78, 5) is 0. The molecule has 14 heavy (non-hydrogen) atoms. The van der Waals surface area contributed by atoms with Crippen LogP contribution < -0.4 is 5.73 Å². The molecule has 0 saturated carbocycles. The Morgan fingerprint density at radius 3 is 3.14 bits per heavy atom. The minimum atomic E-state index is 0.130. The Labute approximate surface area is 88.4 Å². The second-order valence-electron chi connectivity index (χ2n) is 3.61. The van der Waals surface area contributed by atoms with Gasteiger partial charge in [0, 0.05) is 6.04 Å². The van der Waals surface area contributed by atoms with Crippen molar-refractivity contribution in [3.8, 4) is 0 Å².